The molecule has 0 bridgehead atoms. The average molecular weight is 355 g/mol. The molecule has 3 nitrogen and oxygen atoms in total. The van der Waals surface area contributed by atoms with Gasteiger partial charge in [-0.3, -0.25) is 4.79 Å². The Morgan fingerprint density at radius 3 is 2.76 bits per heavy atom. The maximum atomic E-state index is 13.5. The van der Waals surface area contributed by atoms with E-state index in [2.05, 4.69) is 21.2 Å². The molecule has 6 heteroatoms. The summed E-state index contributed by atoms with van der Waals surface area (Å²) in [6.45, 7) is 0.0262. The Morgan fingerprint density at radius 2 is 2.10 bits per heavy atom. The van der Waals surface area contributed by atoms with Crippen LogP contribution in [0.2, 0.25) is 0 Å². The fourth-order valence-corrected chi connectivity index (χ4v) is 2.65. The van der Waals surface area contributed by atoms with Gasteiger partial charge in [0.2, 0.25) is 0 Å². The van der Waals surface area contributed by atoms with Crippen LogP contribution in [0.5, 0.6) is 0 Å². The first-order valence-corrected chi connectivity index (χ1v) is 7.43. The summed E-state index contributed by atoms with van der Waals surface area (Å²) in [5, 5.41) is 2.67. The second-order valence-corrected chi connectivity index (χ2v) is 6.02. The van der Waals surface area contributed by atoms with Gasteiger partial charge in [0.1, 0.15) is 17.3 Å². The van der Waals surface area contributed by atoms with Gasteiger partial charge in [-0.25, -0.2) is 8.78 Å². The van der Waals surface area contributed by atoms with Crippen molar-refractivity contribution >= 4 is 21.8 Å². The number of rotatable bonds is 4. The number of carbonyl (C=O) groups excluding carboxylic acids is 1. The summed E-state index contributed by atoms with van der Waals surface area (Å²) >= 11 is 3.36. The third-order valence-electron chi connectivity index (χ3n) is 3.44. The molecule has 21 heavy (non-hydrogen) atoms. The number of amides is 1. The third-order valence-corrected chi connectivity index (χ3v) is 3.88. The Hall–Kier alpha value is -1.69. The molecule has 1 aliphatic carbocycles. The van der Waals surface area contributed by atoms with Crippen molar-refractivity contribution in [3.63, 3.8) is 0 Å². The molecule has 1 saturated carbocycles. The molecule has 1 fully saturated rings. The Morgan fingerprint density at radius 1 is 1.33 bits per heavy atom. The van der Waals surface area contributed by atoms with Crippen LogP contribution in [-0.4, -0.2) is 10.5 Å². The number of benzene rings is 1. The molecule has 0 spiro atoms. The van der Waals surface area contributed by atoms with E-state index in [9.17, 15) is 13.6 Å². The topological polar surface area (TPSA) is 34.0 Å². The van der Waals surface area contributed by atoms with E-state index in [1.165, 1.54) is 12.1 Å². The lowest BCUT2D eigenvalue weighted by atomic mass is 10.2. The highest BCUT2D eigenvalue weighted by molar-refractivity contribution is 9.10. The van der Waals surface area contributed by atoms with Crippen LogP contribution in [0.25, 0.3) is 0 Å². The van der Waals surface area contributed by atoms with Crippen LogP contribution in [0.15, 0.2) is 34.9 Å². The van der Waals surface area contributed by atoms with Gasteiger partial charge >= 0.3 is 0 Å². The average Bonchev–Trinajstić information content (AvgIpc) is 3.20. The first kappa shape index (κ1) is 14.3. The summed E-state index contributed by atoms with van der Waals surface area (Å²) in [6, 6.07) is 5.44. The first-order chi connectivity index (χ1) is 10.0. The van der Waals surface area contributed by atoms with Gasteiger partial charge in [-0.1, -0.05) is 6.07 Å². The van der Waals surface area contributed by atoms with Gasteiger partial charge in [-0.05, 0) is 40.9 Å². The minimum Gasteiger partial charge on any atom is -0.347 e. The van der Waals surface area contributed by atoms with Crippen LogP contribution in [0.4, 0.5) is 8.78 Å². The lowest BCUT2D eigenvalue weighted by molar-refractivity contribution is 0.0941. The molecule has 1 N–H and O–H groups in total. The molecular weight excluding hydrogens is 342 g/mol. The summed E-state index contributed by atoms with van der Waals surface area (Å²) in [5.74, 6) is -1.56. The molecule has 110 valence electrons. The summed E-state index contributed by atoms with van der Waals surface area (Å²) in [5.41, 5.74) is 0.806. The zero-order chi connectivity index (χ0) is 15.0. The molecule has 1 aliphatic rings. The number of nitrogens with zero attached hydrogens (tertiary/aromatic N) is 1. The maximum Gasteiger partial charge on any atom is 0.268 e. The fraction of sp³-hybridized carbons (Fsp3) is 0.267. The van der Waals surface area contributed by atoms with E-state index in [0.717, 1.165) is 23.4 Å². The van der Waals surface area contributed by atoms with Gasteiger partial charge in [-0.15, -0.1) is 0 Å². The van der Waals surface area contributed by atoms with Crippen LogP contribution in [0.3, 0.4) is 0 Å². The number of nitrogens with one attached hydrogen (secondary N) is 1. The van der Waals surface area contributed by atoms with E-state index in [4.69, 9.17) is 0 Å². The summed E-state index contributed by atoms with van der Waals surface area (Å²) in [4.78, 5) is 12.2. The SMILES string of the molecule is O=C(NCc1ccc(F)cc1F)c1cc(Br)cn1C1CC1. The zero-order valence-corrected chi connectivity index (χ0v) is 12.7. The van der Waals surface area contributed by atoms with Crippen molar-refractivity contribution in [2.24, 2.45) is 0 Å². The number of carbonyl (C=O) groups is 1. The molecule has 0 aliphatic heterocycles. The van der Waals surface area contributed by atoms with Crippen molar-refractivity contribution in [3.05, 3.63) is 57.8 Å². The minimum absolute atomic E-state index is 0.0262. The Labute approximate surface area is 129 Å². The normalized spacial score (nSPS) is 14.2. The fourth-order valence-electron chi connectivity index (χ4n) is 2.21. The van der Waals surface area contributed by atoms with E-state index in [-0.39, 0.29) is 18.0 Å². The molecule has 1 amide bonds. The van der Waals surface area contributed by atoms with E-state index < -0.39 is 11.6 Å². The van der Waals surface area contributed by atoms with E-state index in [1.807, 2.05) is 10.8 Å². The van der Waals surface area contributed by atoms with Crippen molar-refractivity contribution in [2.75, 3.05) is 0 Å². The lowest BCUT2D eigenvalue weighted by Crippen LogP contribution is -2.25. The second-order valence-electron chi connectivity index (χ2n) is 5.10. The van der Waals surface area contributed by atoms with E-state index in [0.29, 0.717) is 11.7 Å². The Balaban J connectivity index is 1.72. The van der Waals surface area contributed by atoms with Crippen LogP contribution in [0, 0.1) is 11.6 Å². The molecule has 1 aromatic heterocycles. The summed E-state index contributed by atoms with van der Waals surface area (Å²) in [7, 11) is 0. The minimum atomic E-state index is -0.658. The zero-order valence-electron chi connectivity index (χ0n) is 11.1. The van der Waals surface area contributed by atoms with Crippen molar-refractivity contribution < 1.29 is 13.6 Å². The first-order valence-electron chi connectivity index (χ1n) is 6.64. The number of hydrogen-bond acceptors (Lipinski definition) is 1. The molecule has 2 aromatic rings. The Bertz CT molecular complexity index is 695. The van der Waals surface area contributed by atoms with Gasteiger partial charge < -0.3 is 9.88 Å². The van der Waals surface area contributed by atoms with Crippen LogP contribution in [-0.2, 0) is 6.54 Å². The van der Waals surface area contributed by atoms with Crippen molar-refractivity contribution in [2.45, 2.75) is 25.4 Å². The van der Waals surface area contributed by atoms with Gasteiger partial charge in [0.05, 0.1) is 0 Å². The lowest BCUT2D eigenvalue weighted by Gasteiger charge is -2.09. The van der Waals surface area contributed by atoms with Crippen molar-refractivity contribution in [3.8, 4) is 0 Å². The highest BCUT2D eigenvalue weighted by atomic mass is 79.9. The predicted molar refractivity (Wildman–Crippen MR) is 77.9 cm³/mol. The van der Waals surface area contributed by atoms with E-state index >= 15 is 0 Å². The number of halogens is 3. The van der Waals surface area contributed by atoms with Crippen LogP contribution in [0.1, 0.15) is 34.9 Å². The Kier molecular flexibility index (Phi) is 3.80. The molecule has 0 saturated heterocycles. The molecular formula is C15H13BrF2N2O. The summed E-state index contributed by atoms with van der Waals surface area (Å²) in [6.07, 6.45) is 4.01. The molecule has 3 rings (SSSR count). The van der Waals surface area contributed by atoms with E-state index in [1.54, 1.807) is 6.07 Å². The van der Waals surface area contributed by atoms with Crippen LogP contribution < -0.4 is 5.32 Å². The maximum absolute atomic E-state index is 13.5. The highest BCUT2D eigenvalue weighted by Gasteiger charge is 2.27. The second kappa shape index (κ2) is 5.60. The van der Waals surface area contributed by atoms with Crippen molar-refractivity contribution in [1.82, 2.24) is 9.88 Å². The molecule has 1 heterocycles. The highest BCUT2D eigenvalue weighted by Crippen LogP contribution is 2.37. The number of hydrogen-bond donors (Lipinski definition) is 1. The van der Waals surface area contributed by atoms with Crippen molar-refractivity contribution in [1.29, 1.82) is 0 Å². The smallest absolute Gasteiger partial charge is 0.268 e. The standard InChI is InChI=1S/C15H13BrF2N2O/c16-10-5-14(20(8-10)12-3-4-12)15(21)19-7-9-1-2-11(17)6-13(9)18/h1-2,5-6,8,12H,3-4,7H2,(H,19,21). The quantitative estimate of drug-likeness (QED) is 0.890. The van der Waals surface area contributed by atoms with Crippen LogP contribution >= 0.6 is 15.9 Å². The van der Waals surface area contributed by atoms with Gasteiger partial charge in [0.15, 0.2) is 0 Å². The molecule has 1 aromatic carbocycles. The third kappa shape index (κ3) is 3.15. The van der Waals surface area contributed by atoms with Gasteiger partial charge in [-0.2, -0.15) is 0 Å². The molecule has 0 atom stereocenters. The summed E-state index contributed by atoms with van der Waals surface area (Å²) < 4.78 is 29.1. The molecule has 0 radical (unpaired) electrons. The largest absolute Gasteiger partial charge is 0.347 e. The predicted octanol–water partition coefficient (Wildman–Crippen LogP) is 3.79. The monoisotopic (exact) mass is 354 g/mol. The van der Waals surface area contributed by atoms with Gasteiger partial charge in [0, 0.05) is 34.9 Å². The molecule has 0 unspecified atom stereocenters. The van der Waals surface area contributed by atoms with Gasteiger partial charge in [0.25, 0.3) is 5.91 Å². The number of aromatic nitrogens is 1.